The lowest BCUT2D eigenvalue weighted by Crippen LogP contribution is -2.16. The third-order valence-corrected chi connectivity index (χ3v) is 5.20. The number of aromatic nitrogens is 3. The molecule has 0 bridgehead atoms. The third-order valence-electron chi connectivity index (χ3n) is 3.88. The Hall–Kier alpha value is -2.61. The molecule has 0 fully saturated rings. The summed E-state index contributed by atoms with van der Waals surface area (Å²) in [5, 5.41) is 10.4. The summed E-state index contributed by atoms with van der Waals surface area (Å²) in [6.45, 7) is 0.242. The van der Waals surface area contributed by atoms with Gasteiger partial charge in [0.05, 0.1) is 18.7 Å². The van der Waals surface area contributed by atoms with Crippen LogP contribution in [0.4, 0.5) is 5.95 Å². The van der Waals surface area contributed by atoms with Crippen molar-refractivity contribution in [3.05, 3.63) is 64.0 Å². The molecule has 0 aliphatic heterocycles. The van der Waals surface area contributed by atoms with Gasteiger partial charge in [0, 0.05) is 21.0 Å². The highest BCUT2D eigenvalue weighted by atomic mass is 35.5. The number of benzene rings is 2. The fraction of sp³-hybridized carbons (Fsp3) is 0.105. The summed E-state index contributed by atoms with van der Waals surface area (Å²) < 4.78 is 7.23. The maximum atomic E-state index is 12.1. The van der Waals surface area contributed by atoms with Crippen LogP contribution in [-0.4, -0.2) is 27.1 Å². The van der Waals surface area contributed by atoms with Crippen LogP contribution in [0.25, 0.3) is 16.2 Å². The van der Waals surface area contributed by atoms with Crippen molar-refractivity contribution in [3.8, 4) is 17.0 Å². The lowest BCUT2D eigenvalue weighted by molar-refractivity contribution is -0.116. The second kappa shape index (κ2) is 8.18. The normalized spacial score (nSPS) is 10.9. The summed E-state index contributed by atoms with van der Waals surface area (Å²) in [6, 6.07) is 14.4. The molecular formula is C19H14Cl2N4O2S. The van der Waals surface area contributed by atoms with Crippen molar-refractivity contribution in [1.29, 1.82) is 0 Å². The van der Waals surface area contributed by atoms with Gasteiger partial charge in [-0.1, -0.05) is 35.3 Å². The minimum Gasteiger partial charge on any atom is -0.493 e. The van der Waals surface area contributed by atoms with E-state index < -0.39 is 0 Å². The fourth-order valence-corrected chi connectivity index (χ4v) is 3.62. The first kappa shape index (κ1) is 18.7. The number of anilines is 1. The highest BCUT2D eigenvalue weighted by Crippen LogP contribution is 2.27. The molecule has 0 saturated heterocycles. The quantitative estimate of drug-likeness (QED) is 0.456. The van der Waals surface area contributed by atoms with Gasteiger partial charge in [-0.15, -0.1) is 16.4 Å². The van der Waals surface area contributed by atoms with Gasteiger partial charge < -0.3 is 4.74 Å². The van der Waals surface area contributed by atoms with Gasteiger partial charge in [-0.25, -0.2) is 4.52 Å². The number of carbonyl (C=O) groups is 1. The highest BCUT2D eigenvalue weighted by Gasteiger charge is 2.13. The summed E-state index contributed by atoms with van der Waals surface area (Å²) in [4.78, 5) is 17.2. The average Bonchev–Trinajstić information content (AvgIpc) is 3.24. The maximum absolute atomic E-state index is 12.1. The van der Waals surface area contributed by atoms with Gasteiger partial charge in [0.25, 0.3) is 0 Å². The first-order valence-electron chi connectivity index (χ1n) is 8.37. The molecule has 0 spiro atoms. The topological polar surface area (TPSA) is 68.5 Å². The number of fused-ring (bicyclic) bond motifs is 1. The minimum atomic E-state index is -0.222. The van der Waals surface area contributed by atoms with E-state index in [4.69, 9.17) is 27.9 Å². The van der Waals surface area contributed by atoms with Crippen LogP contribution >= 0.6 is 34.5 Å². The van der Waals surface area contributed by atoms with Crippen LogP contribution in [0.3, 0.4) is 0 Å². The summed E-state index contributed by atoms with van der Waals surface area (Å²) in [7, 11) is 0. The van der Waals surface area contributed by atoms with Gasteiger partial charge in [-0.2, -0.15) is 4.98 Å². The number of halogens is 2. The van der Waals surface area contributed by atoms with Crippen LogP contribution in [0.1, 0.15) is 6.42 Å². The number of carbonyl (C=O) groups excluding carboxylic acids is 1. The number of thiazole rings is 1. The first-order chi connectivity index (χ1) is 13.6. The number of amides is 1. The number of nitrogens with zero attached hydrogens (tertiary/aromatic N) is 3. The number of nitrogens with one attached hydrogen (secondary N) is 1. The molecule has 1 N–H and O–H groups in total. The van der Waals surface area contributed by atoms with Crippen LogP contribution in [0.15, 0.2) is 53.9 Å². The average molecular weight is 433 g/mol. The molecule has 0 aliphatic rings. The second-order valence-corrected chi connectivity index (χ2v) is 7.57. The second-order valence-electron chi connectivity index (χ2n) is 5.86. The highest BCUT2D eigenvalue weighted by molar-refractivity contribution is 7.15. The third kappa shape index (κ3) is 4.27. The van der Waals surface area contributed by atoms with Crippen molar-refractivity contribution in [1.82, 2.24) is 14.6 Å². The molecule has 0 unspecified atom stereocenters. The van der Waals surface area contributed by atoms with E-state index in [0.717, 1.165) is 11.3 Å². The largest absolute Gasteiger partial charge is 0.493 e. The lowest BCUT2D eigenvalue weighted by Gasteiger charge is -2.05. The van der Waals surface area contributed by atoms with E-state index in [0.29, 0.717) is 20.8 Å². The summed E-state index contributed by atoms with van der Waals surface area (Å²) in [6.07, 6.45) is 0.180. The Kier molecular flexibility index (Phi) is 5.47. The van der Waals surface area contributed by atoms with E-state index in [1.165, 1.54) is 11.3 Å². The van der Waals surface area contributed by atoms with Crippen LogP contribution in [-0.2, 0) is 4.79 Å². The van der Waals surface area contributed by atoms with Gasteiger partial charge in [-0.3, -0.25) is 10.1 Å². The Bertz CT molecular complexity index is 1110. The van der Waals surface area contributed by atoms with E-state index in [1.54, 1.807) is 28.8 Å². The summed E-state index contributed by atoms with van der Waals surface area (Å²) in [5.41, 5.74) is 1.85. The van der Waals surface area contributed by atoms with Crippen molar-refractivity contribution < 1.29 is 9.53 Å². The monoisotopic (exact) mass is 432 g/mol. The zero-order chi connectivity index (χ0) is 19.5. The zero-order valence-corrected chi connectivity index (χ0v) is 16.8. The van der Waals surface area contributed by atoms with Crippen molar-refractivity contribution in [2.75, 3.05) is 11.9 Å². The summed E-state index contributed by atoms with van der Waals surface area (Å²) in [5.74, 6) is 0.698. The predicted molar refractivity (Wildman–Crippen MR) is 112 cm³/mol. The number of hydrogen-bond acceptors (Lipinski definition) is 5. The summed E-state index contributed by atoms with van der Waals surface area (Å²) >= 11 is 13.2. The van der Waals surface area contributed by atoms with E-state index in [2.05, 4.69) is 15.4 Å². The Labute approximate surface area is 174 Å². The molecular weight excluding hydrogens is 419 g/mol. The number of rotatable bonds is 6. The van der Waals surface area contributed by atoms with Crippen LogP contribution in [0.5, 0.6) is 5.75 Å². The van der Waals surface area contributed by atoms with E-state index >= 15 is 0 Å². The lowest BCUT2D eigenvalue weighted by atomic mass is 10.2. The van der Waals surface area contributed by atoms with Gasteiger partial charge in [0.2, 0.25) is 16.8 Å². The molecule has 0 aliphatic carbocycles. The van der Waals surface area contributed by atoms with Gasteiger partial charge >= 0.3 is 0 Å². The fourth-order valence-electron chi connectivity index (χ4n) is 2.53. The molecule has 2 heterocycles. The Morgan fingerprint density at radius 1 is 1.07 bits per heavy atom. The number of ether oxygens (including phenoxy) is 1. The van der Waals surface area contributed by atoms with Crippen molar-refractivity contribution >= 4 is 51.4 Å². The van der Waals surface area contributed by atoms with Crippen molar-refractivity contribution in [2.45, 2.75) is 6.42 Å². The molecule has 1 amide bonds. The van der Waals surface area contributed by atoms with Crippen LogP contribution in [0.2, 0.25) is 10.0 Å². The Morgan fingerprint density at radius 2 is 1.75 bits per heavy atom. The van der Waals surface area contributed by atoms with Crippen molar-refractivity contribution in [3.63, 3.8) is 0 Å². The van der Waals surface area contributed by atoms with Gasteiger partial charge in [0.15, 0.2) is 0 Å². The minimum absolute atomic E-state index is 0.180. The first-order valence-corrected chi connectivity index (χ1v) is 10.0. The molecule has 6 nitrogen and oxygen atoms in total. The molecule has 4 aromatic rings. The molecule has 2 aromatic carbocycles. The zero-order valence-electron chi connectivity index (χ0n) is 14.4. The van der Waals surface area contributed by atoms with E-state index in [1.807, 2.05) is 29.6 Å². The Balaban J connectivity index is 1.38. The van der Waals surface area contributed by atoms with E-state index in [9.17, 15) is 4.79 Å². The molecule has 4 rings (SSSR count). The van der Waals surface area contributed by atoms with Gasteiger partial charge in [-0.05, 0) is 36.4 Å². The van der Waals surface area contributed by atoms with Crippen LogP contribution in [0, 0.1) is 0 Å². The molecule has 0 atom stereocenters. The maximum Gasteiger partial charge on any atom is 0.250 e. The predicted octanol–water partition coefficient (Wildman–Crippen LogP) is 5.17. The standard InChI is InChI=1S/C19H14Cl2N4O2S/c20-13-3-1-12(2-4-13)16-11-28-19-23-18(24-25(16)19)22-17(26)9-10-27-15-7-5-14(21)6-8-15/h1-8,11H,9-10H2,(H,22,24,26). The molecule has 9 heteroatoms. The van der Waals surface area contributed by atoms with Crippen LogP contribution < -0.4 is 10.1 Å². The van der Waals surface area contributed by atoms with E-state index in [-0.39, 0.29) is 24.9 Å². The molecule has 0 radical (unpaired) electrons. The molecule has 142 valence electrons. The van der Waals surface area contributed by atoms with Crippen molar-refractivity contribution in [2.24, 2.45) is 0 Å². The molecule has 28 heavy (non-hydrogen) atoms. The smallest absolute Gasteiger partial charge is 0.250 e. The number of hydrogen-bond donors (Lipinski definition) is 1. The Morgan fingerprint density at radius 3 is 2.46 bits per heavy atom. The molecule has 0 saturated carbocycles. The SMILES string of the molecule is O=C(CCOc1ccc(Cl)cc1)Nc1nc2scc(-c3ccc(Cl)cc3)n2n1. The molecule has 2 aromatic heterocycles. The van der Waals surface area contributed by atoms with Gasteiger partial charge in [0.1, 0.15) is 5.75 Å².